The standard InChI is InChI=1S/C25H24N2O5/c1-16(24(29)30)27(17-12-13-17)23(28)11-6-14-26-25(31)32-15-22-20-9-4-2-7-18(20)19-8-3-5-10-21(19)22/h2-5,7-10,16-17,22H,12-15H2,1H3,(H,26,31)(H,29,30). The number of alkyl carbamates (subject to hydrolysis) is 1. The summed E-state index contributed by atoms with van der Waals surface area (Å²) < 4.78 is 5.42. The number of nitrogens with one attached hydrogen (secondary N) is 1. The number of ether oxygens (including phenoxy) is 1. The Bertz CT molecular complexity index is 1070. The number of rotatable bonds is 6. The van der Waals surface area contributed by atoms with Crippen LogP contribution in [0.2, 0.25) is 0 Å². The third kappa shape index (κ3) is 4.45. The molecular weight excluding hydrogens is 408 g/mol. The van der Waals surface area contributed by atoms with Crippen molar-refractivity contribution >= 4 is 18.0 Å². The molecule has 0 heterocycles. The lowest BCUT2D eigenvalue weighted by Crippen LogP contribution is -2.44. The molecule has 1 unspecified atom stereocenters. The third-order valence-electron chi connectivity index (χ3n) is 5.81. The molecule has 0 radical (unpaired) electrons. The molecule has 1 saturated carbocycles. The van der Waals surface area contributed by atoms with E-state index in [2.05, 4.69) is 29.3 Å². The highest BCUT2D eigenvalue weighted by molar-refractivity contribution is 5.96. The lowest BCUT2D eigenvalue weighted by molar-refractivity contribution is -0.147. The van der Waals surface area contributed by atoms with Gasteiger partial charge in [0, 0.05) is 12.0 Å². The first-order chi connectivity index (χ1) is 15.5. The Morgan fingerprint density at radius 1 is 1.09 bits per heavy atom. The first-order valence-corrected chi connectivity index (χ1v) is 10.6. The van der Waals surface area contributed by atoms with Gasteiger partial charge in [0.2, 0.25) is 0 Å². The molecule has 2 aliphatic rings. The number of fused-ring (bicyclic) bond motifs is 3. The predicted octanol–water partition coefficient (Wildman–Crippen LogP) is 2.99. The van der Waals surface area contributed by atoms with Crippen LogP contribution in [0.25, 0.3) is 11.1 Å². The van der Waals surface area contributed by atoms with Gasteiger partial charge in [-0.3, -0.25) is 4.79 Å². The predicted molar refractivity (Wildman–Crippen MR) is 118 cm³/mol. The number of aliphatic carboxylic acids is 1. The normalized spacial score (nSPS) is 14.9. The molecule has 0 aromatic heterocycles. The highest BCUT2D eigenvalue weighted by Crippen LogP contribution is 2.44. The molecule has 1 fully saturated rings. The molecule has 2 N–H and O–H groups in total. The van der Waals surface area contributed by atoms with Gasteiger partial charge < -0.3 is 20.1 Å². The maximum Gasteiger partial charge on any atom is 0.407 e. The van der Waals surface area contributed by atoms with E-state index in [9.17, 15) is 19.5 Å². The van der Waals surface area contributed by atoms with E-state index in [0.717, 1.165) is 35.1 Å². The van der Waals surface area contributed by atoms with E-state index in [1.54, 1.807) is 0 Å². The van der Waals surface area contributed by atoms with Crippen molar-refractivity contribution in [3.05, 3.63) is 59.7 Å². The Hall–Kier alpha value is -3.79. The Morgan fingerprint density at radius 3 is 2.25 bits per heavy atom. The number of benzene rings is 2. The summed E-state index contributed by atoms with van der Waals surface area (Å²) in [4.78, 5) is 36.9. The van der Waals surface area contributed by atoms with Crippen molar-refractivity contribution in [3.8, 4) is 23.0 Å². The van der Waals surface area contributed by atoms with Crippen LogP contribution in [0.3, 0.4) is 0 Å². The van der Waals surface area contributed by atoms with E-state index < -0.39 is 24.0 Å². The fourth-order valence-corrected chi connectivity index (χ4v) is 4.08. The summed E-state index contributed by atoms with van der Waals surface area (Å²) in [5.74, 6) is 3.36. The van der Waals surface area contributed by atoms with Gasteiger partial charge in [-0.2, -0.15) is 0 Å². The SMILES string of the molecule is CC(C(=O)O)N(C(=O)C#CCNC(=O)OCC1c2ccccc2-c2ccccc21)C1CC1. The van der Waals surface area contributed by atoms with Crippen LogP contribution in [0.1, 0.15) is 36.8 Å². The second kappa shape index (κ2) is 9.15. The molecule has 32 heavy (non-hydrogen) atoms. The van der Waals surface area contributed by atoms with Gasteiger partial charge in [0.15, 0.2) is 0 Å². The van der Waals surface area contributed by atoms with Crippen LogP contribution in [-0.4, -0.2) is 53.2 Å². The molecule has 0 spiro atoms. The van der Waals surface area contributed by atoms with Crippen molar-refractivity contribution in [2.45, 2.75) is 37.8 Å². The summed E-state index contributed by atoms with van der Waals surface area (Å²) in [5.41, 5.74) is 4.55. The zero-order valence-electron chi connectivity index (χ0n) is 17.7. The maximum absolute atomic E-state index is 12.3. The molecule has 0 aliphatic heterocycles. The highest BCUT2D eigenvalue weighted by atomic mass is 16.5. The molecule has 7 nitrogen and oxygen atoms in total. The zero-order chi connectivity index (χ0) is 22.7. The molecule has 7 heteroatoms. The van der Waals surface area contributed by atoms with Crippen molar-refractivity contribution in [2.75, 3.05) is 13.2 Å². The molecule has 1 atom stereocenters. The number of carboxylic acid groups (broad SMARTS) is 1. The van der Waals surface area contributed by atoms with Crippen molar-refractivity contribution in [2.24, 2.45) is 0 Å². The topological polar surface area (TPSA) is 95.9 Å². The van der Waals surface area contributed by atoms with E-state index in [1.165, 1.54) is 11.8 Å². The van der Waals surface area contributed by atoms with Gasteiger partial charge in [-0.05, 0) is 47.9 Å². The van der Waals surface area contributed by atoms with E-state index in [-0.39, 0.29) is 25.1 Å². The first-order valence-electron chi connectivity index (χ1n) is 10.6. The Kier molecular flexibility index (Phi) is 6.13. The quantitative estimate of drug-likeness (QED) is 0.684. The Labute approximate surface area is 186 Å². The number of carbonyl (C=O) groups excluding carboxylic acids is 2. The van der Waals surface area contributed by atoms with Gasteiger partial charge in [-0.1, -0.05) is 54.5 Å². The average Bonchev–Trinajstić information content (AvgIpc) is 3.57. The maximum atomic E-state index is 12.3. The highest BCUT2D eigenvalue weighted by Gasteiger charge is 2.37. The van der Waals surface area contributed by atoms with E-state index in [0.29, 0.717) is 0 Å². The summed E-state index contributed by atoms with van der Waals surface area (Å²) in [6, 6.07) is 15.1. The van der Waals surface area contributed by atoms with Crippen LogP contribution < -0.4 is 5.32 Å². The van der Waals surface area contributed by atoms with Crippen LogP contribution in [-0.2, 0) is 14.3 Å². The summed E-state index contributed by atoms with van der Waals surface area (Å²) >= 11 is 0. The van der Waals surface area contributed by atoms with Crippen molar-refractivity contribution in [1.29, 1.82) is 0 Å². The monoisotopic (exact) mass is 432 g/mol. The fourth-order valence-electron chi connectivity index (χ4n) is 4.08. The minimum atomic E-state index is -1.07. The van der Waals surface area contributed by atoms with Gasteiger partial charge in [-0.25, -0.2) is 9.59 Å². The van der Waals surface area contributed by atoms with Gasteiger partial charge >= 0.3 is 12.1 Å². The van der Waals surface area contributed by atoms with Crippen LogP contribution in [0, 0.1) is 11.8 Å². The lowest BCUT2D eigenvalue weighted by Gasteiger charge is -2.23. The van der Waals surface area contributed by atoms with Gasteiger partial charge in [0.25, 0.3) is 5.91 Å². The summed E-state index contributed by atoms with van der Waals surface area (Å²) in [7, 11) is 0. The zero-order valence-corrected chi connectivity index (χ0v) is 17.7. The fraction of sp³-hybridized carbons (Fsp3) is 0.320. The molecule has 2 aromatic rings. The van der Waals surface area contributed by atoms with Crippen LogP contribution >= 0.6 is 0 Å². The van der Waals surface area contributed by atoms with Crippen LogP contribution in [0.15, 0.2) is 48.5 Å². The number of carboxylic acids is 1. The Balaban J connectivity index is 1.30. The minimum absolute atomic E-state index is 0.0366. The number of hydrogen-bond donors (Lipinski definition) is 2. The minimum Gasteiger partial charge on any atom is -0.480 e. The molecule has 2 amide bonds. The number of amides is 2. The van der Waals surface area contributed by atoms with E-state index >= 15 is 0 Å². The number of carbonyl (C=O) groups is 3. The summed E-state index contributed by atoms with van der Waals surface area (Å²) in [5, 5.41) is 11.7. The van der Waals surface area contributed by atoms with E-state index in [1.807, 2.05) is 36.4 Å². The molecule has 4 rings (SSSR count). The molecular formula is C25H24N2O5. The van der Waals surface area contributed by atoms with Crippen molar-refractivity contribution in [1.82, 2.24) is 10.2 Å². The average molecular weight is 432 g/mol. The van der Waals surface area contributed by atoms with Gasteiger partial charge in [0.05, 0.1) is 6.54 Å². The summed E-state index contributed by atoms with van der Waals surface area (Å²) in [6.07, 6.45) is 0.943. The second-order valence-electron chi connectivity index (χ2n) is 7.94. The smallest absolute Gasteiger partial charge is 0.407 e. The Morgan fingerprint density at radius 2 is 1.69 bits per heavy atom. The van der Waals surface area contributed by atoms with E-state index in [4.69, 9.17) is 4.74 Å². The van der Waals surface area contributed by atoms with Gasteiger partial charge in [-0.15, -0.1) is 0 Å². The second-order valence-corrected chi connectivity index (χ2v) is 7.94. The number of hydrogen-bond acceptors (Lipinski definition) is 4. The lowest BCUT2D eigenvalue weighted by atomic mass is 9.98. The van der Waals surface area contributed by atoms with Crippen LogP contribution in [0.5, 0.6) is 0 Å². The van der Waals surface area contributed by atoms with Crippen LogP contribution in [0.4, 0.5) is 4.79 Å². The molecule has 164 valence electrons. The molecule has 0 saturated heterocycles. The van der Waals surface area contributed by atoms with Gasteiger partial charge in [0.1, 0.15) is 12.6 Å². The first kappa shape index (κ1) is 21.4. The van der Waals surface area contributed by atoms with Crippen molar-refractivity contribution < 1.29 is 24.2 Å². The molecule has 0 bridgehead atoms. The molecule has 2 aliphatic carbocycles. The number of nitrogens with zero attached hydrogens (tertiary/aromatic N) is 1. The summed E-state index contributed by atoms with van der Waals surface area (Å²) in [6.45, 7) is 1.59. The molecule has 2 aromatic carbocycles. The van der Waals surface area contributed by atoms with Crippen molar-refractivity contribution in [3.63, 3.8) is 0 Å². The largest absolute Gasteiger partial charge is 0.480 e. The third-order valence-corrected chi connectivity index (χ3v) is 5.81.